The standard InChI is InChI=1S/C32H36N4O4S3/c1-25-7-11-29(12-8-25)42(37,38)35-19-17-34(18-20-35)16-4-15-33-28-10-14-32-31(24-28)36(21-22-41-32)43(39,40)30-13-9-26-5-2-3-6-27(26)23-30/h2-3,5-14,23-24,33H,4,15-22H2,1H3. The lowest BCUT2D eigenvalue weighted by Gasteiger charge is -2.34. The van der Waals surface area contributed by atoms with E-state index in [-0.39, 0.29) is 0 Å². The second kappa shape index (κ2) is 12.5. The molecule has 0 atom stereocenters. The van der Waals surface area contributed by atoms with E-state index >= 15 is 0 Å². The minimum Gasteiger partial charge on any atom is -0.385 e. The summed E-state index contributed by atoms with van der Waals surface area (Å²) in [6, 6.07) is 26.1. The Morgan fingerprint density at radius 2 is 1.47 bits per heavy atom. The fraction of sp³-hybridized carbons (Fsp3) is 0.312. The first-order valence-electron chi connectivity index (χ1n) is 14.5. The van der Waals surface area contributed by atoms with Gasteiger partial charge in [-0.1, -0.05) is 48.0 Å². The van der Waals surface area contributed by atoms with Crippen LogP contribution in [0.15, 0.2) is 99.6 Å². The van der Waals surface area contributed by atoms with Crippen molar-refractivity contribution in [1.29, 1.82) is 0 Å². The largest absolute Gasteiger partial charge is 0.385 e. The van der Waals surface area contributed by atoms with Crippen LogP contribution in [0.3, 0.4) is 0 Å². The molecule has 1 fully saturated rings. The third kappa shape index (κ3) is 6.41. The summed E-state index contributed by atoms with van der Waals surface area (Å²) in [6.45, 7) is 6.30. The fourth-order valence-electron chi connectivity index (χ4n) is 5.60. The van der Waals surface area contributed by atoms with Crippen molar-refractivity contribution in [2.24, 2.45) is 0 Å². The number of piperazine rings is 1. The molecule has 0 aliphatic carbocycles. The summed E-state index contributed by atoms with van der Waals surface area (Å²) in [5.74, 6) is 0.701. The Bertz CT molecular complexity index is 1820. The SMILES string of the molecule is Cc1ccc(S(=O)(=O)N2CCN(CCCNc3ccc4c(c3)N(S(=O)(=O)c3ccc5ccccc5c3)CCS4)CC2)cc1. The van der Waals surface area contributed by atoms with E-state index in [0.717, 1.165) is 46.4 Å². The molecule has 1 N–H and O–H groups in total. The average molecular weight is 637 g/mol. The van der Waals surface area contributed by atoms with Crippen LogP contribution in [-0.2, 0) is 20.0 Å². The van der Waals surface area contributed by atoms with E-state index in [9.17, 15) is 16.8 Å². The highest BCUT2D eigenvalue weighted by atomic mass is 32.2. The van der Waals surface area contributed by atoms with Crippen LogP contribution in [0.5, 0.6) is 0 Å². The molecule has 0 aromatic heterocycles. The second-order valence-corrected chi connectivity index (χ2v) is 15.9. The van der Waals surface area contributed by atoms with Gasteiger partial charge in [0.05, 0.1) is 15.5 Å². The van der Waals surface area contributed by atoms with E-state index in [1.807, 2.05) is 67.6 Å². The number of nitrogens with zero attached hydrogens (tertiary/aromatic N) is 3. The number of sulfonamides is 2. The monoisotopic (exact) mass is 636 g/mol. The number of nitrogens with one attached hydrogen (secondary N) is 1. The number of aryl methyl sites for hydroxylation is 1. The van der Waals surface area contributed by atoms with Crippen molar-refractivity contribution >= 4 is 54.0 Å². The highest BCUT2D eigenvalue weighted by molar-refractivity contribution is 8.00. The zero-order chi connectivity index (χ0) is 30.0. The molecule has 0 unspecified atom stereocenters. The molecule has 0 spiro atoms. The molecule has 0 bridgehead atoms. The fourth-order valence-corrected chi connectivity index (χ4v) is 9.68. The summed E-state index contributed by atoms with van der Waals surface area (Å²) in [4.78, 5) is 3.90. The number of hydrogen-bond donors (Lipinski definition) is 1. The molecule has 2 aliphatic rings. The minimum absolute atomic E-state index is 0.300. The van der Waals surface area contributed by atoms with Crippen molar-refractivity contribution in [3.63, 3.8) is 0 Å². The molecule has 4 aromatic carbocycles. The van der Waals surface area contributed by atoms with Crippen molar-refractivity contribution < 1.29 is 16.8 Å². The number of hydrogen-bond acceptors (Lipinski definition) is 7. The smallest absolute Gasteiger partial charge is 0.264 e. The van der Waals surface area contributed by atoms with Gasteiger partial charge in [0.1, 0.15) is 0 Å². The predicted molar refractivity (Wildman–Crippen MR) is 175 cm³/mol. The van der Waals surface area contributed by atoms with E-state index in [4.69, 9.17) is 0 Å². The topological polar surface area (TPSA) is 90.0 Å². The molecule has 11 heteroatoms. The lowest BCUT2D eigenvalue weighted by atomic mass is 10.1. The Hall–Kier alpha value is -3.09. The molecule has 6 rings (SSSR count). The van der Waals surface area contributed by atoms with Gasteiger partial charge < -0.3 is 10.2 Å². The lowest BCUT2D eigenvalue weighted by Crippen LogP contribution is -2.48. The van der Waals surface area contributed by atoms with Gasteiger partial charge in [-0.05, 0) is 73.1 Å². The molecule has 8 nitrogen and oxygen atoms in total. The number of fused-ring (bicyclic) bond motifs is 2. The Morgan fingerprint density at radius 1 is 0.744 bits per heavy atom. The van der Waals surface area contributed by atoms with Gasteiger partial charge in [-0.15, -0.1) is 11.8 Å². The third-order valence-corrected chi connectivity index (χ3v) is 12.8. The van der Waals surface area contributed by atoms with E-state index in [1.54, 1.807) is 40.3 Å². The number of benzene rings is 4. The summed E-state index contributed by atoms with van der Waals surface area (Å²) < 4.78 is 56.7. The van der Waals surface area contributed by atoms with Gasteiger partial charge in [0.2, 0.25) is 10.0 Å². The van der Waals surface area contributed by atoms with Crippen molar-refractivity contribution in [3.05, 3.63) is 90.5 Å². The maximum Gasteiger partial charge on any atom is 0.264 e. The van der Waals surface area contributed by atoms with Gasteiger partial charge >= 0.3 is 0 Å². The van der Waals surface area contributed by atoms with Crippen molar-refractivity contribution in [2.45, 2.75) is 28.0 Å². The van der Waals surface area contributed by atoms with E-state index in [0.29, 0.717) is 54.0 Å². The van der Waals surface area contributed by atoms with Crippen molar-refractivity contribution in [3.8, 4) is 0 Å². The zero-order valence-electron chi connectivity index (χ0n) is 24.1. The quantitative estimate of drug-likeness (QED) is 0.251. The first-order valence-corrected chi connectivity index (χ1v) is 18.4. The highest BCUT2D eigenvalue weighted by Gasteiger charge is 2.30. The molecule has 4 aromatic rings. The van der Waals surface area contributed by atoms with Crippen LogP contribution in [-0.4, -0.2) is 77.6 Å². The third-order valence-electron chi connectivity index (χ3n) is 8.06. The Labute approximate surface area is 258 Å². The van der Waals surface area contributed by atoms with Crippen molar-refractivity contribution in [1.82, 2.24) is 9.21 Å². The summed E-state index contributed by atoms with van der Waals surface area (Å²) in [6.07, 6.45) is 0.885. The Morgan fingerprint density at radius 3 is 2.23 bits per heavy atom. The first kappa shape index (κ1) is 30.0. The van der Waals surface area contributed by atoms with Crippen LogP contribution in [0.1, 0.15) is 12.0 Å². The van der Waals surface area contributed by atoms with Crippen LogP contribution in [0.4, 0.5) is 11.4 Å². The molecule has 2 heterocycles. The molecule has 2 aliphatic heterocycles. The first-order chi connectivity index (χ1) is 20.7. The Balaban J connectivity index is 1.05. The second-order valence-electron chi connectivity index (χ2n) is 11.0. The van der Waals surface area contributed by atoms with Gasteiger partial charge in [-0.2, -0.15) is 4.31 Å². The van der Waals surface area contributed by atoms with Crippen LogP contribution in [0.25, 0.3) is 10.8 Å². The van der Waals surface area contributed by atoms with Gasteiger partial charge in [0, 0.05) is 55.6 Å². The zero-order valence-corrected chi connectivity index (χ0v) is 26.6. The van der Waals surface area contributed by atoms with E-state index < -0.39 is 20.0 Å². The summed E-state index contributed by atoms with van der Waals surface area (Å²) in [7, 11) is -7.19. The van der Waals surface area contributed by atoms with Crippen LogP contribution in [0, 0.1) is 6.92 Å². The number of thioether (sulfide) groups is 1. The minimum atomic E-state index is -3.72. The summed E-state index contributed by atoms with van der Waals surface area (Å²) in [5.41, 5.74) is 2.63. The van der Waals surface area contributed by atoms with E-state index in [1.165, 1.54) is 4.31 Å². The average Bonchev–Trinajstić information content (AvgIpc) is 3.03. The van der Waals surface area contributed by atoms with Crippen LogP contribution < -0.4 is 9.62 Å². The van der Waals surface area contributed by atoms with E-state index in [2.05, 4.69) is 10.2 Å². The molecule has 0 saturated carbocycles. The summed E-state index contributed by atoms with van der Waals surface area (Å²) in [5, 5.41) is 5.38. The molecular weight excluding hydrogens is 601 g/mol. The van der Waals surface area contributed by atoms with Crippen LogP contribution in [0.2, 0.25) is 0 Å². The molecule has 0 amide bonds. The summed E-state index contributed by atoms with van der Waals surface area (Å²) >= 11 is 1.68. The molecule has 43 heavy (non-hydrogen) atoms. The van der Waals surface area contributed by atoms with Crippen molar-refractivity contribution in [2.75, 3.05) is 61.2 Å². The number of anilines is 2. The predicted octanol–water partition coefficient (Wildman–Crippen LogP) is 5.26. The van der Waals surface area contributed by atoms with Crippen LogP contribution >= 0.6 is 11.8 Å². The molecule has 226 valence electrons. The molecule has 0 radical (unpaired) electrons. The van der Waals surface area contributed by atoms with Gasteiger partial charge in [0.25, 0.3) is 10.0 Å². The highest BCUT2D eigenvalue weighted by Crippen LogP contribution is 2.39. The normalized spacial score (nSPS) is 16.7. The molecule has 1 saturated heterocycles. The maximum atomic E-state index is 13.8. The van der Waals surface area contributed by atoms with Gasteiger partial charge in [-0.3, -0.25) is 4.31 Å². The molecular formula is C32H36N4O4S3. The van der Waals surface area contributed by atoms with Gasteiger partial charge in [-0.25, -0.2) is 16.8 Å². The maximum absolute atomic E-state index is 13.8. The Kier molecular flexibility index (Phi) is 8.70. The van der Waals surface area contributed by atoms with Gasteiger partial charge in [0.15, 0.2) is 0 Å². The number of rotatable bonds is 9. The lowest BCUT2D eigenvalue weighted by molar-refractivity contribution is 0.188.